The lowest BCUT2D eigenvalue weighted by Crippen LogP contribution is -2.41. The van der Waals surface area contributed by atoms with Crippen LogP contribution in [0.4, 0.5) is 13.2 Å². The first kappa shape index (κ1) is 18.5. The number of pyridine rings is 1. The summed E-state index contributed by atoms with van der Waals surface area (Å²) in [5, 5.41) is 0. The molecule has 0 radical (unpaired) electrons. The van der Waals surface area contributed by atoms with Crippen molar-refractivity contribution in [2.45, 2.75) is 25.9 Å². The van der Waals surface area contributed by atoms with Gasteiger partial charge in [-0.05, 0) is 31.7 Å². The van der Waals surface area contributed by atoms with E-state index in [-0.39, 0.29) is 24.3 Å². The van der Waals surface area contributed by atoms with Crippen LogP contribution in [0.15, 0.2) is 18.3 Å². The van der Waals surface area contributed by atoms with Gasteiger partial charge in [-0.25, -0.2) is 4.98 Å². The topological polar surface area (TPSA) is 51.7 Å². The number of nitrogens with zero attached hydrogens (tertiary/aromatic N) is 2. The second kappa shape index (κ2) is 8.32. The van der Waals surface area contributed by atoms with Gasteiger partial charge in [-0.1, -0.05) is 0 Å². The summed E-state index contributed by atoms with van der Waals surface area (Å²) in [7, 11) is 0. The van der Waals surface area contributed by atoms with Crippen LogP contribution in [-0.2, 0) is 15.7 Å². The molecule has 1 aliphatic heterocycles. The van der Waals surface area contributed by atoms with Gasteiger partial charge in [0.1, 0.15) is 6.61 Å². The number of carbonyl (C=O) groups excluding carboxylic acids is 1. The predicted octanol–water partition coefficient (Wildman–Crippen LogP) is 2.75. The van der Waals surface area contributed by atoms with Crippen molar-refractivity contribution in [3.8, 4) is 5.88 Å². The van der Waals surface area contributed by atoms with Crippen LogP contribution in [0.25, 0.3) is 0 Å². The standard InChI is InChI=1S/C16H21F3N2O3/c1-2-23-11-15(22)21-7-5-12(6-8-21)10-24-14-4-3-13(9-20-14)16(17,18)19/h3-4,9,12H,2,5-8,10-11H2,1H3. The first-order valence-electron chi connectivity index (χ1n) is 7.91. The van der Waals surface area contributed by atoms with E-state index in [1.807, 2.05) is 6.92 Å². The Morgan fingerprint density at radius 3 is 2.58 bits per heavy atom. The maximum absolute atomic E-state index is 12.5. The summed E-state index contributed by atoms with van der Waals surface area (Å²) in [5.41, 5.74) is -0.795. The molecule has 2 rings (SSSR count). The van der Waals surface area contributed by atoms with Crippen LogP contribution >= 0.6 is 0 Å². The van der Waals surface area contributed by atoms with Crippen molar-refractivity contribution < 1.29 is 27.4 Å². The zero-order valence-corrected chi connectivity index (χ0v) is 13.5. The molecule has 0 aliphatic carbocycles. The van der Waals surface area contributed by atoms with Crippen LogP contribution < -0.4 is 4.74 Å². The number of ether oxygens (including phenoxy) is 2. The monoisotopic (exact) mass is 346 g/mol. The number of hydrogen-bond donors (Lipinski definition) is 0. The van der Waals surface area contributed by atoms with Crippen molar-refractivity contribution in [3.63, 3.8) is 0 Å². The lowest BCUT2D eigenvalue weighted by atomic mass is 9.98. The van der Waals surface area contributed by atoms with E-state index < -0.39 is 11.7 Å². The summed E-state index contributed by atoms with van der Waals surface area (Å²) >= 11 is 0. The summed E-state index contributed by atoms with van der Waals surface area (Å²) in [6.07, 6.45) is -2.05. The number of likely N-dealkylation sites (tertiary alicyclic amines) is 1. The molecule has 1 saturated heterocycles. The molecule has 5 nitrogen and oxygen atoms in total. The molecule has 2 heterocycles. The fourth-order valence-electron chi connectivity index (χ4n) is 2.47. The molecule has 1 amide bonds. The molecule has 0 aromatic carbocycles. The largest absolute Gasteiger partial charge is 0.477 e. The van der Waals surface area contributed by atoms with E-state index in [0.29, 0.717) is 26.3 Å². The molecular formula is C16H21F3N2O3. The van der Waals surface area contributed by atoms with Gasteiger partial charge in [0.25, 0.3) is 0 Å². The zero-order valence-electron chi connectivity index (χ0n) is 13.5. The van der Waals surface area contributed by atoms with E-state index in [2.05, 4.69) is 4.98 Å². The third-order valence-corrected chi connectivity index (χ3v) is 3.93. The highest BCUT2D eigenvalue weighted by molar-refractivity contribution is 5.77. The third-order valence-electron chi connectivity index (χ3n) is 3.93. The molecule has 1 aromatic rings. The Balaban J connectivity index is 1.73. The summed E-state index contributed by atoms with van der Waals surface area (Å²) in [4.78, 5) is 17.3. The van der Waals surface area contributed by atoms with E-state index in [1.165, 1.54) is 6.07 Å². The SMILES string of the molecule is CCOCC(=O)N1CCC(COc2ccc(C(F)(F)F)cn2)CC1. The maximum atomic E-state index is 12.5. The highest BCUT2D eigenvalue weighted by Crippen LogP contribution is 2.29. The second-order valence-electron chi connectivity index (χ2n) is 5.66. The van der Waals surface area contributed by atoms with Gasteiger partial charge in [0, 0.05) is 32.0 Å². The minimum absolute atomic E-state index is 0.0133. The molecule has 0 atom stereocenters. The van der Waals surface area contributed by atoms with Gasteiger partial charge in [0.05, 0.1) is 12.2 Å². The fraction of sp³-hybridized carbons (Fsp3) is 0.625. The van der Waals surface area contributed by atoms with Gasteiger partial charge in [0.15, 0.2) is 0 Å². The van der Waals surface area contributed by atoms with Crippen LogP contribution in [0.1, 0.15) is 25.3 Å². The van der Waals surface area contributed by atoms with E-state index in [9.17, 15) is 18.0 Å². The molecular weight excluding hydrogens is 325 g/mol. The van der Waals surface area contributed by atoms with E-state index in [4.69, 9.17) is 9.47 Å². The van der Waals surface area contributed by atoms with Gasteiger partial charge >= 0.3 is 6.18 Å². The number of carbonyl (C=O) groups is 1. The summed E-state index contributed by atoms with van der Waals surface area (Å²) in [5.74, 6) is 0.420. The van der Waals surface area contributed by atoms with Gasteiger partial charge in [-0.15, -0.1) is 0 Å². The first-order valence-corrected chi connectivity index (χ1v) is 7.91. The number of hydrogen-bond acceptors (Lipinski definition) is 4. The normalized spacial score (nSPS) is 16.2. The Bertz CT molecular complexity index is 526. The zero-order chi connectivity index (χ0) is 17.6. The van der Waals surface area contributed by atoms with E-state index in [1.54, 1.807) is 4.90 Å². The van der Waals surface area contributed by atoms with Crippen LogP contribution in [-0.4, -0.2) is 48.7 Å². The van der Waals surface area contributed by atoms with Crippen molar-refractivity contribution in [2.24, 2.45) is 5.92 Å². The molecule has 0 bridgehead atoms. The quantitative estimate of drug-likeness (QED) is 0.795. The molecule has 0 unspecified atom stereocenters. The second-order valence-corrected chi connectivity index (χ2v) is 5.66. The number of amides is 1. The molecule has 1 aromatic heterocycles. The number of rotatable bonds is 6. The summed E-state index contributed by atoms with van der Waals surface area (Å²) < 4.78 is 47.9. The predicted molar refractivity (Wildman–Crippen MR) is 80.5 cm³/mol. The number of aromatic nitrogens is 1. The summed E-state index contributed by atoms with van der Waals surface area (Å²) in [6, 6.07) is 2.18. The minimum atomic E-state index is -4.40. The maximum Gasteiger partial charge on any atom is 0.417 e. The molecule has 8 heteroatoms. The smallest absolute Gasteiger partial charge is 0.417 e. The van der Waals surface area contributed by atoms with Gasteiger partial charge in [0.2, 0.25) is 11.8 Å². The third kappa shape index (κ3) is 5.36. The molecule has 1 aliphatic rings. The van der Waals surface area contributed by atoms with Crippen LogP contribution in [0, 0.1) is 5.92 Å². The van der Waals surface area contributed by atoms with Crippen molar-refractivity contribution >= 4 is 5.91 Å². The van der Waals surface area contributed by atoms with E-state index >= 15 is 0 Å². The van der Waals surface area contributed by atoms with Gasteiger partial charge in [-0.2, -0.15) is 13.2 Å². The highest BCUT2D eigenvalue weighted by atomic mass is 19.4. The van der Waals surface area contributed by atoms with Crippen molar-refractivity contribution in [2.75, 3.05) is 32.9 Å². The molecule has 0 saturated carbocycles. The summed E-state index contributed by atoms with van der Waals surface area (Å²) in [6.45, 7) is 4.11. The lowest BCUT2D eigenvalue weighted by molar-refractivity contribution is -0.138. The molecule has 134 valence electrons. The highest BCUT2D eigenvalue weighted by Gasteiger charge is 2.30. The van der Waals surface area contributed by atoms with Crippen LogP contribution in [0.3, 0.4) is 0 Å². The molecule has 24 heavy (non-hydrogen) atoms. The Kier molecular flexibility index (Phi) is 6.42. The minimum Gasteiger partial charge on any atom is -0.477 e. The Morgan fingerprint density at radius 1 is 1.33 bits per heavy atom. The average Bonchev–Trinajstić information content (AvgIpc) is 2.58. The fourth-order valence-corrected chi connectivity index (χ4v) is 2.47. The average molecular weight is 346 g/mol. The molecule has 1 fully saturated rings. The van der Waals surface area contributed by atoms with Crippen LogP contribution in [0.5, 0.6) is 5.88 Å². The Hall–Kier alpha value is -1.83. The lowest BCUT2D eigenvalue weighted by Gasteiger charge is -2.31. The van der Waals surface area contributed by atoms with Gasteiger partial charge in [-0.3, -0.25) is 4.79 Å². The number of piperidine rings is 1. The number of alkyl halides is 3. The van der Waals surface area contributed by atoms with Crippen LogP contribution in [0.2, 0.25) is 0 Å². The van der Waals surface area contributed by atoms with Crippen molar-refractivity contribution in [1.82, 2.24) is 9.88 Å². The van der Waals surface area contributed by atoms with Gasteiger partial charge < -0.3 is 14.4 Å². The Labute approximate surface area is 138 Å². The van der Waals surface area contributed by atoms with Crippen molar-refractivity contribution in [3.05, 3.63) is 23.9 Å². The van der Waals surface area contributed by atoms with Crippen molar-refractivity contribution in [1.29, 1.82) is 0 Å². The van der Waals surface area contributed by atoms with E-state index in [0.717, 1.165) is 25.1 Å². The molecule has 0 N–H and O–H groups in total. The first-order chi connectivity index (χ1) is 11.4. The molecule has 0 spiro atoms. The Morgan fingerprint density at radius 2 is 2.04 bits per heavy atom. The number of halogens is 3.